The van der Waals surface area contributed by atoms with E-state index >= 15 is 0 Å². The Bertz CT molecular complexity index is 348. The van der Waals surface area contributed by atoms with E-state index in [9.17, 15) is 13.2 Å². The molecule has 2 nitrogen and oxygen atoms in total. The highest BCUT2D eigenvalue weighted by molar-refractivity contribution is 7.12. The number of rotatable bonds is 1. The minimum absolute atomic E-state index is 0.162. The molecule has 78 valence electrons. The van der Waals surface area contributed by atoms with Crippen LogP contribution in [0, 0.1) is 13.8 Å². The van der Waals surface area contributed by atoms with Gasteiger partial charge in [-0.15, -0.1) is 11.3 Å². The molecule has 0 saturated heterocycles. The fourth-order valence-corrected chi connectivity index (χ4v) is 1.62. The number of aromatic nitrogens is 1. The Labute approximate surface area is 82.7 Å². The third-order valence-electron chi connectivity index (χ3n) is 1.60. The molecule has 1 aromatic rings. The monoisotopic (exact) mass is 223 g/mol. The standard InChI is InChI=1S/C8H8F3NOS/c1-4-5(2)14-7(12-4)3-6(13)8(9,10)11/h3,13H,1-2H3/b6-3-. The topological polar surface area (TPSA) is 33.1 Å². The SMILES string of the molecule is Cc1nc(/C=C(\O)C(F)(F)F)sc1C. The van der Waals surface area contributed by atoms with Crippen molar-refractivity contribution in [3.05, 3.63) is 21.3 Å². The van der Waals surface area contributed by atoms with Gasteiger partial charge in [0.05, 0.1) is 5.69 Å². The van der Waals surface area contributed by atoms with Crippen molar-refractivity contribution in [1.82, 2.24) is 4.98 Å². The zero-order valence-corrected chi connectivity index (χ0v) is 8.33. The summed E-state index contributed by atoms with van der Waals surface area (Å²) >= 11 is 1.11. The van der Waals surface area contributed by atoms with E-state index in [4.69, 9.17) is 5.11 Å². The van der Waals surface area contributed by atoms with Gasteiger partial charge in [-0.3, -0.25) is 0 Å². The molecule has 0 spiro atoms. The maximum Gasteiger partial charge on any atom is 0.448 e. The molecule has 1 aromatic heterocycles. The third-order valence-corrected chi connectivity index (χ3v) is 2.62. The van der Waals surface area contributed by atoms with Gasteiger partial charge in [-0.05, 0) is 13.8 Å². The number of thiazole rings is 1. The second-order valence-electron chi connectivity index (χ2n) is 2.72. The highest BCUT2D eigenvalue weighted by atomic mass is 32.1. The number of aliphatic hydroxyl groups is 1. The normalized spacial score (nSPS) is 13.4. The highest BCUT2D eigenvalue weighted by Gasteiger charge is 2.33. The van der Waals surface area contributed by atoms with Crippen LogP contribution in [-0.4, -0.2) is 16.3 Å². The largest absolute Gasteiger partial charge is 0.504 e. The summed E-state index contributed by atoms with van der Waals surface area (Å²) in [6.07, 6.45) is -4.07. The van der Waals surface area contributed by atoms with Crippen LogP contribution in [0.4, 0.5) is 13.2 Å². The fraction of sp³-hybridized carbons (Fsp3) is 0.375. The van der Waals surface area contributed by atoms with Gasteiger partial charge >= 0.3 is 6.18 Å². The molecule has 0 aliphatic heterocycles. The van der Waals surface area contributed by atoms with E-state index in [1.165, 1.54) is 0 Å². The predicted molar refractivity (Wildman–Crippen MR) is 48.2 cm³/mol. The first-order valence-corrected chi connectivity index (χ1v) is 4.54. The number of halogens is 3. The lowest BCUT2D eigenvalue weighted by Crippen LogP contribution is -2.10. The van der Waals surface area contributed by atoms with Crippen LogP contribution in [0.2, 0.25) is 0 Å². The minimum atomic E-state index is -4.70. The molecule has 0 bridgehead atoms. The van der Waals surface area contributed by atoms with Crippen molar-refractivity contribution in [3.63, 3.8) is 0 Å². The highest BCUT2D eigenvalue weighted by Crippen LogP contribution is 2.27. The second-order valence-corrected chi connectivity index (χ2v) is 3.96. The summed E-state index contributed by atoms with van der Waals surface area (Å²) in [5.74, 6) is -1.62. The minimum Gasteiger partial charge on any atom is -0.504 e. The molecule has 0 radical (unpaired) electrons. The van der Waals surface area contributed by atoms with Gasteiger partial charge in [0.2, 0.25) is 5.76 Å². The van der Waals surface area contributed by atoms with E-state index < -0.39 is 11.9 Å². The Kier molecular flexibility index (Phi) is 2.84. The van der Waals surface area contributed by atoms with Crippen LogP contribution in [-0.2, 0) is 0 Å². The summed E-state index contributed by atoms with van der Waals surface area (Å²) in [6, 6.07) is 0. The van der Waals surface area contributed by atoms with E-state index in [2.05, 4.69) is 4.98 Å². The van der Waals surface area contributed by atoms with Crippen LogP contribution in [0.15, 0.2) is 5.76 Å². The quantitative estimate of drug-likeness (QED) is 0.741. The third kappa shape index (κ3) is 2.47. The van der Waals surface area contributed by atoms with Crippen molar-refractivity contribution in [1.29, 1.82) is 0 Å². The molecule has 1 heterocycles. The summed E-state index contributed by atoms with van der Waals surface area (Å²) in [6.45, 7) is 3.46. The summed E-state index contributed by atoms with van der Waals surface area (Å²) < 4.78 is 35.7. The number of aryl methyl sites for hydroxylation is 2. The first-order chi connectivity index (χ1) is 6.30. The van der Waals surface area contributed by atoms with Gasteiger partial charge in [0, 0.05) is 11.0 Å². The summed E-state index contributed by atoms with van der Waals surface area (Å²) in [5.41, 5.74) is 0.677. The molecule has 0 atom stereocenters. The van der Waals surface area contributed by atoms with Crippen molar-refractivity contribution >= 4 is 17.4 Å². The average molecular weight is 223 g/mol. The van der Waals surface area contributed by atoms with Gasteiger partial charge < -0.3 is 5.11 Å². The average Bonchev–Trinajstić information content (AvgIpc) is 2.29. The van der Waals surface area contributed by atoms with Crippen LogP contribution < -0.4 is 0 Å². The van der Waals surface area contributed by atoms with Gasteiger partial charge in [0.25, 0.3) is 0 Å². The molecule has 0 aliphatic rings. The van der Waals surface area contributed by atoms with Gasteiger partial charge in [-0.25, -0.2) is 4.98 Å². The van der Waals surface area contributed by atoms with E-state index in [1.54, 1.807) is 13.8 Å². The van der Waals surface area contributed by atoms with Crippen molar-refractivity contribution in [2.75, 3.05) is 0 Å². The zero-order chi connectivity index (χ0) is 10.9. The molecule has 1 N–H and O–H groups in total. The molecule has 0 aromatic carbocycles. The Morgan fingerprint density at radius 3 is 2.36 bits per heavy atom. The van der Waals surface area contributed by atoms with Crippen molar-refractivity contribution in [3.8, 4) is 0 Å². The number of aliphatic hydroxyl groups excluding tert-OH is 1. The van der Waals surface area contributed by atoms with E-state index in [0.717, 1.165) is 16.2 Å². The van der Waals surface area contributed by atoms with Crippen LogP contribution in [0.1, 0.15) is 15.6 Å². The second kappa shape index (κ2) is 3.61. The Balaban J connectivity index is 2.98. The number of hydrogen-bond acceptors (Lipinski definition) is 3. The molecule has 6 heteroatoms. The van der Waals surface area contributed by atoms with Gasteiger partial charge in [-0.2, -0.15) is 13.2 Å². The lowest BCUT2D eigenvalue weighted by Gasteiger charge is -2.02. The zero-order valence-electron chi connectivity index (χ0n) is 7.51. The predicted octanol–water partition coefficient (Wildman–Crippen LogP) is 3.22. The van der Waals surface area contributed by atoms with Gasteiger partial charge in [-0.1, -0.05) is 0 Å². The maximum absolute atomic E-state index is 11.9. The fourth-order valence-electron chi connectivity index (χ4n) is 0.758. The first-order valence-electron chi connectivity index (χ1n) is 3.72. The number of nitrogens with zero attached hydrogens (tertiary/aromatic N) is 1. The Morgan fingerprint density at radius 2 is 2.00 bits per heavy atom. The van der Waals surface area contributed by atoms with Crippen LogP contribution in [0.5, 0.6) is 0 Å². The number of alkyl halides is 3. The van der Waals surface area contributed by atoms with Crippen molar-refractivity contribution in [2.24, 2.45) is 0 Å². The molecule has 0 fully saturated rings. The number of hydrogen-bond donors (Lipinski definition) is 1. The lowest BCUT2D eigenvalue weighted by atomic mass is 10.4. The number of allylic oxidation sites excluding steroid dienone is 1. The van der Waals surface area contributed by atoms with E-state index in [1.807, 2.05) is 0 Å². The van der Waals surface area contributed by atoms with Gasteiger partial charge in [0.1, 0.15) is 5.01 Å². The van der Waals surface area contributed by atoms with Crippen molar-refractivity contribution < 1.29 is 18.3 Å². The van der Waals surface area contributed by atoms with Crippen LogP contribution >= 0.6 is 11.3 Å². The molecule has 14 heavy (non-hydrogen) atoms. The van der Waals surface area contributed by atoms with Crippen LogP contribution in [0.25, 0.3) is 6.08 Å². The molecule has 1 rings (SSSR count). The molecule has 0 amide bonds. The van der Waals surface area contributed by atoms with E-state index in [0.29, 0.717) is 11.8 Å². The maximum atomic E-state index is 11.9. The van der Waals surface area contributed by atoms with Crippen molar-refractivity contribution in [2.45, 2.75) is 20.0 Å². The Morgan fingerprint density at radius 1 is 1.43 bits per heavy atom. The first kappa shape index (κ1) is 11.0. The molecule has 0 saturated carbocycles. The smallest absolute Gasteiger partial charge is 0.448 e. The lowest BCUT2D eigenvalue weighted by molar-refractivity contribution is -0.119. The van der Waals surface area contributed by atoms with Crippen LogP contribution in [0.3, 0.4) is 0 Å². The summed E-state index contributed by atoms with van der Waals surface area (Å²) in [4.78, 5) is 4.68. The molecule has 0 aliphatic carbocycles. The van der Waals surface area contributed by atoms with Gasteiger partial charge in [0.15, 0.2) is 0 Å². The van der Waals surface area contributed by atoms with E-state index in [-0.39, 0.29) is 5.01 Å². The Hall–Kier alpha value is -1.04. The summed E-state index contributed by atoms with van der Waals surface area (Å²) in [7, 11) is 0. The molecule has 0 unspecified atom stereocenters. The molecular formula is C8H8F3NOS. The molecular weight excluding hydrogens is 215 g/mol. The summed E-state index contributed by atoms with van der Waals surface area (Å²) in [5, 5.41) is 8.80.